The Bertz CT molecular complexity index is 408. The van der Waals surface area contributed by atoms with Gasteiger partial charge in [-0.3, -0.25) is 0 Å². The van der Waals surface area contributed by atoms with Crippen LogP contribution >= 0.6 is 0 Å². The van der Waals surface area contributed by atoms with Crippen LogP contribution in [0.5, 0.6) is 0 Å². The maximum Gasteiger partial charge on any atom is 0.224 e. The van der Waals surface area contributed by atoms with Gasteiger partial charge in [-0.1, -0.05) is 20.3 Å². The average Bonchev–Trinajstić information content (AvgIpc) is 2.39. The molecule has 0 radical (unpaired) electrons. The first-order valence-electron chi connectivity index (χ1n) is 6.85. The molecule has 1 aromatic heterocycles. The number of nitrogens with one attached hydrogen (secondary N) is 1. The highest BCUT2D eigenvalue weighted by molar-refractivity contribution is 5.45. The summed E-state index contributed by atoms with van der Waals surface area (Å²) in [5.41, 5.74) is 1.54. The molecule has 0 unspecified atom stereocenters. The average molecular weight is 248 g/mol. The van der Waals surface area contributed by atoms with Crippen LogP contribution in [-0.4, -0.2) is 30.1 Å². The van der Waals surface area contributed by atoms with Crippen LogP contribution in [0.3, 0.4) is 0 Å². The van der Waals surface area contributed by atoms with Gasteiger partial charge in [-0.05, 0) is 25.2 Å². The second-order valence-electron chi connectivity index (χ2n) is 5.59. The second kappa shape index (κ2) is 5.12. The van der Waals surface area contributed by atoms with Gasteiger partial charge in [-0.2, -0.15) is 4.98 Å². The van der Waals surface area contributed by atoms with Crippen molar-refractivity contribution in [1.29, 1.82) is 0 Å². The number of hydrogen-bond acceptors (Lipinski definition) is 4. The van der Waals surface area contributed by atoms with Gasteiger partial charge >= 0.3 is 0 Å². The molecule has 0 aromatic carbocycles. The van der Waals surface area contributed by atoms with Gasteiger partial charge in [0.25, 0.3) is 0 Å². The van der Waals surface area contributed by atoms with Gasteiger partial charge in [0.15, 0.2) is 0 Å². The van der Waals surface area contributed by atoms with Crippen molar-refractivity contribution in [3.63, 3.8) is 0 Å². The van der Waals surface area contributed by atoms with E-state index in [1.807, 2.05) is 14.0 Å². The van der Waals surface area contributed by atoms with E-state index in [4.69, 9.17) is 0 Å². The van der Waals surface area contributed by atoms with Gasteiger partial charge < -0.3 is 10.2 Å². The van der Waals surface area contributed by atoms with Crippen molar-refractivity contribution < 1.29 is 0 Å². The lowest BCUT2D eigenvalue weighted by Gasteiger charge is -2.39. The molecule has 1 N–H and O–H groups in total. The highest BCUT2D eigenvalue weighted by atomic mass is 15.2. The van der Waals surface area contributed by atoms with Gasteiger partial charge in [-0.15, -0.1) is 0 Å². The molecule has 1 aliphatic rings. The van der Waals surface area contributed by atoms with Crippen molar-refractivity contribution in [3.05, 3.63) is 11.8 Å². The van der Waals surface area contributed by atoms with E-state index in [0.29, 0.717) is 11.4 Å². The lowest BCUT2D eigenvalue weighted by Crippen LogP contribution is -2.39. The van der Waals surface area contributed by atoms with Crippen LogP contribution in [-0.2, 0) is 0 Å². The molecule has 18 heavy (non-hydrogen) atoms. The summed E-state index contributed by atoms with van der Waals surface area (Å²) >= 11 is 0. The van der Waals surface area contributed by atoms with Crippen LogP contribution in [0.1, 0.15) is 38.8 Å². The summed E-state index contributed by atoms with van der Waals surface area (Å²) in [7, 11) is 1.86. The van der Waals surface area contributed by atoms with Gasteiger partial charge in [0.05, 0.1) is 0 Å². The summed E-state index contributed by atoms with van der Waals surface area (Å²) in [5, 5.41) is 3.03. The molecular formula is C14H24N4. The Labute approximate surface area is 110 Å². The molecule has 4 heteroatoms. The molecular weight excluding hydrogens is 224 g/mol. The summed E-state index contributed by atoms with van der Waals surface area (Å²) in [4.78, 5) is 11.3. The van der Waals surface area contributed by atoms with E-state index >= 15 is 0 Å². The van der Waals surface area contributed by atoms with Crippen molar-refractivity contribution in [1.82, 2.24) is 9.97 Å². The van der Waals surface area contributed by atoms with E-state index in [9.17, 15) is 0 Å². The fourth-order valence-corrected chi connectivity index (χ4v) is 2.45. The van der Waals surface area contributed by atoms with Crippen molar-refractivity contribution in [2.75, 3.05) is 30.4 Å². The van der Waals surface area contributed by atoms with E-state index in [0.717, 1.165) is 24.6 Å². The minimum absolute atomic E-state index is 0.518. The quantitative estimate of drug-likeness (QED) is 0.893. The highest BCUT2D eigenvalue weighted by Crippen LogP contribution is 2.35. The Morgan fingerprint density at radius 1 is 1.33 bits per heavy atom. The molecule has 0 aliphatic carbocycles. The molecule has 2 heterocycles. The second-order valence-corrected chi connectivity index (χ2v) is 5.59. The molecule has 1 saturated heterocycles. The van der Waals surface area contributed by atoms with E-state index in [1.165, 1.54) is 19.3 Å². The van der Waals surface area contributed by atoms with Crippen molar-refractivity contribution in [2.45, 2.75) is 40.0 Å². The number of aromatic nitrogens is 2. The molecule has 100 valence electrons. The zero-order valence-electron chi connectivity index (χ0n) is 12.0. The standard InChI is InChI=1S/C14H24N4/c1-5-14(3)6-8-18(9-7-14)12-10-11(2)16-13(15-4)17-12/h10H,5-9H2,1-4H3,(H,15,16,17). The summed E-state index contributed by atoms with van der Waals surface area (Å²) in [6.45, 7) is 8.91. The molecule has 4 nitrogen and oxygen atoms in total. The molecule has 1 aromatic rings. The first kappa shape index (κ1) is 13.1. The van der Waals surface area contributed by atoms with E-state index < -0.39 is 0 Å². The van der Waals surface area contributed by atoms with Crippen LogP contribution in [0.2, 0.25) is 0 Å². The van der Waals surface area contributed by atoms with Gasteiger partial charge in [-0.25, -0.2) is 4.98 Å². The van der Waals surface area contributed by atoms with Crippen LogP contribution in [0.25, 0.3) is 0 Å². The highest BCUT2D eigenvalue weighted by Gasteiger charge is 2.28. The largest absolute Gasteiger partial charge is 0.357 e. The van der Waals surface area contributed by atoms with Crippen molar-refractivity contribution >= 4 is 11.8 Å². The van der Waals surface area contributed by atoms with E-state index in [-0.39, 0.29) is 0 Å². The Kier molecular flexibility index (Phi) is 3.73. The first-order chi connectivity index (χ1) is 8.56. The van der Waals surface area contributed by atoms with Gasteiger partial charge in [0.2, 0.25) is 5.95 Å². The Balaban J connectivity index is 2.12. The van der Waals surface area contributed by atoms with E-state index in [2.05, 4.69) is 40.1 Å². The molecule has 1 aliphatic heterocycles. The molecule has 0 atom stereocenters. The molecule has 0 saturated carbocycles. The summed E-state index contributed by atoms with van der Waals surface area (Å²) in [5.74, 6) is 1.78. The summed E-state index contributed by atoms with van der Waals surface area (Å²) < 4.78 is 0. The molecule has 1 fully saturated rings. The predicted octanol–water partition coefficient (Wildman–Crippen LogP) is 2.84. The third-order valence-electron chi connectivity index (χ3n) is 4.21. The Hall–Kier alpha value is -1.32. The monoisotopic (exact) mass is 248 g/mol. The third-order valence-corrected chi connectivity index (χ3v) is 4.21. The third kappa shape index (κ3) is 2.74. The molecule has 0 bridgehead atoms. The molecule has 0 amide bonds. The Morgan fingerprint density at radius 2 is 2.00 bits per heavy atom. The molecule has 2 rings (SSSR count). The number of hydrogen-bond donors (Lipinski definition) is 1. The number of rotatable bonds is 3. The number of aryl methyl sites for hydroxylation is 1. The van der Waals surface area contributed by atoms with Gasteiger partial charge in [0, 0.05) is 31.9 Å². The summed E-state index contributed by atoms with van der Waals surface area (Å²) in [6, 6.07) is 2.08. The summed E-state index contributed by atoms with van der Waals surface area (Å²) in [6.07, 6.45) is 3.77. The van der Waals surface area contributed by atoms with Crippen LogP contribution in [0.15, 0.2) is 6.07 Å². The maximum atomic E-state index is 4.55. The normalized spacial score (nSPS) is 18.8. The number of piperidine rings is 1. The van der Waals surface area contributed by atoms with Crippen LogP contribution < -0.4 is 10.2 Å². The lowest BCUT2D eigenvalue weighted by molar-refractivity contribution is 0.238. The first-order valence-corrected chi connectivity index (χ1v) is 6.85. The fraction of sp³-hybridized carbons (Fsp3) is 0.714. The van der Waals surface area contributed by atoms with Crippen molar-refractivity contribution in [3.8, 4) is 0 Å². The minimum atomic E-state index is 0.518. The topological polar surface area (TPSA) is 41.1 Å². The van der Waals surface area contributed by atoms with Gasteiger partial charge in [0.1, 0.15) is 5.82 Å². The Morgan fingerprint density at radius 3 is 2.56 bits per heavy atom. The fourth-order valence-electron chi connectivity index (χ4n) is 2.45. The zero-order chi connectivity index (χ0) is 13.2. The van der Waals surface area contributed by atoms with Crippen LogP contribution in [0, 0.1) is 12.3 Å². The number of nitrogens with zero attached hydrogens (tertiary/aromatic N) is 3. The SMILES string of the molecule is CCC1(C)CCN(c2cc(C)nc(NC)n2)CC1. The number of anilines is 2. The van der Waals surface area contributed by atoms with E-state index in [1.54, 1.807) is 0 Å². The maximum absolute atomic E-state index is 4.55. The zero-order valence-corrected chi connectivity index (χ0v) is 12.0. The molecule has 0 spiro atoms. The van der Waals surface area contributed by atoms with Crippen LogP contribution in [0.4, 0.5) is 11.8 Å². The predicted molar refractivity (Wildman–Crippen MR) is 76.2 cm³/mol. The smallest absolute Gasteiger partial charge is 0.224 e. The minimum Gasteiger partial charge on any atom is -0.357 e. The lowest BCUT2D eigenvalue weighted by atomic mass is 9.78. The van der Waals surface area contributed by atoms with Crippen molar-refractivity contribution in [2.24, 2.45) is 5.41 Å².